The quantitative estimate of drug-likeness (QED) is 0.738. The van der Waals surface area contributed by atoms with Crippen LogP contribution in [0.1, 0.15) is 16.8 Å². The number of phenolic OH excluding ortho intramolecular Hbond substituents is 1. The van der Waals surface area contributed by atoms with Crippen LogP contribution < -0.4 is 5.56 Å². The molecule has 0 unspecified atom stereocenters. The number of aromatic nitrogens is 2. The number of hydrogen-bond acceptors (Lipinski definition) is 5. The Morgan fingerprint density at radius 3 is 3.00 bits per heavy atom. The van der Waals surface area contributed by atoms with Crippen molar-refractivity contribution >= 4 is 22.9 Å². The van der Waals surface area contributed by atoms with Crippen molar-refractivity contribution in [3.05, 3.63) is 67.9 Å². The van der Waals surface area contributed by atoms with Crippen LogP contribution in [0.2, 0.25) is 5.02 Å². The first kappa shape index (κ1) is 16.3. The average Bonchev–Trinajstić information content (AvgIpc) is 3.12. The summed E-state index contributed by atoms with van der Waals surface area (Å²) in [6.45, 7) is 2.03. The number of aromatic hydroxyl groups is 1. The van der Waals surface area contributed by atoms with Crippen LogP contribution in [0.3, 0.4) is 0 Å². The van der Waals surface area contributed by atoms with Gasteiger partial charge in [-0.1, -0.05) is 23.7 Å². The van der Waals surface area contributed by atoms with E-state index < -0.39 is 0 Å². The second kappa shape index (κ2) is 6.63. The number of benzene rings is 1. The summed E-state index contributed by atoms with van der Waals surface area (Å²) in [6, 6.07) is 8.91. The molecule has 1 aliphatic rings. The van der Waals surface area contributed by atoms with E-state index in [1.165, 1.54) is 0 Å². The Morgan fingerprint density at radius 2 is 2.24 bits per heavy atom. The molecule has 0 fully saturated rings. The van der Waals surface area contributed by atoms with Crippen LogP contribution in [0, 0.1) is 0 Å². The highest BCUT2D eigenvalue weighted by atomic mass is 35.5. The van der Waals surface area contributed by atoms with E-state index in [0.29, 0.717) is 30.4 Å². The molecule has 2 N–H and O–H groups in total. The van der Waals surface area contributed by atoms with Gasteiger partial charge in [0.25, 0.3) is 5.56 Å². The molecule has 0 aliphatic carbocycles. The summed E-state index contributed by atoms with van der Waals surface area (Å²) in [5, 5.41) is 12.0. The first-order valence-electron chi connectivity index (χ1n) is 7.96. The molecule has 5 nitrogen and oxygen atoms in total. The lowest BCUT2D eigenvalue weighted by atomic mass is 10.1. The highest BCUT2D eigenvalue weighted by molar-refractivity contribution is 7.13. The Morgan fingerprint density at radius 1 is 1.36 bits per heavy atom. The largest absolute Gasteiger partial charge is 0.508 e. The monoisotopic (exact) mass is 373 g/mol. The van der Waals surface area contributed by atoms with Gasteiger partial charge in [0, 0.05) is 30.2 Å². The average molecular weight is 374 g/mol. The molecular weight excluding hydrogens is 358 g/mol. The number of phenols is 1. The Kier molecular flexibility index (Phi) is 4.33. The lowest BCUT2D eigenvalue weighted by Crippen LogP contribution is -2.35. The first-order chi connectivity index (χ1) is 12.1. The van der Waals surface area contributed by atoms with Crippen molar-refractivity contribution in [3.8, 4) is 16.5 Å². The maximum atomic E-state index is 12.4. The van der Waals surface area contributed by atoms with Crippen LogP contribution >= 0.6 is 22.9 Å². The summed E-state index contributed by atoms with van der Waals surface area (Å²) in [7, 11) is 0. The molecule has 0 saturated carbocycles. The normalized spacial score (nSPS) is 14.4. The third-order valence-electron chi connectivity index (χ3n) is 4.34. The lowest BCUT2D eigenvalue weighted by Gasteiger charge is -2.28. The molecule has 2 aromatic heterocycles. The van der Waals surface area contributed by atoms with E-state index in [1.54, 1.807) is 23.5 Å². The van der Waals surface area contributed by atoms with E-state index in [0.717, 1.165) is 28.2 Å². The summed E-state index contributed by atoms with van der Waals surface area (Å²) in [4.78, 5) is 23.1. The first-order valence-corrected chi connectivity index (χ1v) is 9.21. The molecular formula is C18H16ClN3O2S. The molecule has 128 valence electrons. The number of fused-ring (bicyclic) bond motifs is 1. The predicted molar refractivity (Wildman–Crippen MR) is 99.1 cm³/mol. The van der Waals surface area contributed by atoms with Crippen molar-refractivity contribution in [2.45, 2.75) is 19.5 Å². The topological polar surface area (TPSA) is 69.2 Å². The number of thiophene rings is 1. The van der Waals surface area contributed by atoms with Crippen LogP contribution in [-0.2, 0) is 19.5 Å². The van der Waals surface area contributed by atoms with E-state index in [4.69, 9.17) is 11.6 Å². The van der Waals surface area contributed by atoms with Crippen LogP contribution in [0.25, 0.3) is 10.7 Å². The van der Waals surface area contributed by atoms with Crippen LogP contribution in [0.15, 0.2) is 40.5 Å². The van der Waals surface area contributed by atoms with E-state index in [2.05, 4.69) is 14.9 Å². The van der Waals surface area contributed by atoms with Gasteiger partial charge < -0.3 is 10.1 Å². The Balaban J connectivity index is 1.61. The minimum absolute atomic E-state index is 0.0456. The molecule has 25 heavy (non-hydrogen) atoms. The Hall–Kier alpha value is -2.15. The van der Waals surface area contributed by atoms with Crippen molar-refractivity contribution in [1.82, 2.24) is 14.9 Å². The molecule has 3 heterocycles. The predicted octanol–water partition coefficient (Wildman–Crippen LogP) is 3.42. The molecule has 7 heteroatoms. The van der Waals surface area contributed by atoms with Gasteiger partial charge in [-0.15, -0.1) is 11.3 Å². The maximum absolute atomic E-state index is 12.4. The molecule has 0 atom stereocenters. The van der Waals surface area contributed by atoms with Gasteiger partial charge in [-0.2, -0.15) is 0 Å². The SMILES string of the molecule is O=c1[nH]c(-c2cccs2)nc2c1CCN(Cc1ccc(O)cc1Cl)C2. The fourth-order valence-electron chi connectivity index (χ4n) is 3.06. The summed E-state index contributed by atoms with van der Waals surface area (Å²) in [5.74, 6) is 0.787. The third kappa shape index (κ3) is 3.33. The van der Waals surface area contributed by atoms with Crippen molar-refractivity contribution in [2.24, 2.45) is 0 Å². The molecule has 3 aromatic rings. The Labute approximate surface area is 153 Å². The minimum atomic E-state index is -0.0456. The summed E-state index contributed by atoms with van der Waals surface area (Å²) >= 11 is 7.77. The van der Waals surface area contributed by atoms with Crippen LogP contribution in [0.4, 0.5) is 0 Å². The summed E-state index contributed by atoms with van der Waals surface area (Å²) in [5.41, 5.74) is 2.50. The van der Waals surface area contributed by atoms with Gasteiger partial charge in [-0.25, -0.2) is 4.98 Å². The van der Waals surface area contributed by atoms with Crippen molar-refractivity contribution < 1.29 is 5.11 Å². The van der Waals surface area contributed by atoms with Gasteiger partial charge in [0.1, 0.15) is 5.75 Å². The number of nitrogens with one attached hydrogen (secondary N) is 1. The van der Waals surface area contributed by atoms with Gasteiger partial charge in [0.2, 0.25) is 0 Å². The van der Waals surface area contributed by atoms with E-state index in [-0.39, 0.29) is 11.3 Å². The molecule has 4 rings (SSSR count). The smallest absolute Gasteiger partial charge is 0.254 e. The van der Waals surface area contributed by atoms with Crippen molar-refractivity contribution in [1.29, 1.82) is 0 Å². The van der Waals surface area contributed by atoms with Crippen LogP contribution in [0.5, 0.6) is 5.75 Å². The highest BCUT2D eigenvalue weighted by Gasteiger charge is 2.22. The van der Waals surface area contributed by atoms with Crippen molar-refractivity contribution in [2.75, 3.05) is 6.54 Å². The number of nitrogens with zero attached hydrogens (tertiary/aromatic N) is 2. The van der Waals surface area contributed by atoms with E-state index in [9.17, 15) is 9.90 Å². The second-order valence-corrected chi connectivity index (χ2v) is 7.41. The molecule has 0 saturated heterocycles. The fourth-order valence-corrected chi connectivity index (χ4v) is 3.97. The summed E-state index contributed by atoms with van der Waals surface area (Å²) in [6.07, 6.45) is 0.665. The molecule has 0 radical (unpaired) electrons. The second-order valence-electron chi connectivity index (χ2n) is 6.05. The molecule has 0 spiro atoms. The Bertz CT molecular complexity index is 969. The van der Waals surface area contributed by atoms with Gasteiger partial charge in [0.05, 0.1) is 10.6 Å². The van der Waals surface area contributed by atoms with Crippen molar-refractivity contribution in [3.63, 3.8) is 0 Å². The minimum Gasteiger partial charge on any atom is -0.508 e. The van der Waals surface area contributed by atoms with Crippen LogP contribution in [-0.4, -0.2) is 26.5 Å². The van der Waals surface area contributed by atoms with Gasteiger partial charge in [-0.3, -0.25) is 9.69 Å². The standard InChI is InChI=1S/C18H16ClN3O2S/c19-14-8-12(23)4-3-11(14)9-22-6-5-13-15(10-22)20-17(21-18(13)24)16-2-1-7-25-16/h1-4,7-8,23H,5-6,9-10H2,(H,20,21,24). The zero-order valence-corrected chi connectivity index (χ0v) is 14.9. The molecule has 1 aliphatic heterocycles. The zero-order chi connectivity index (χ0) is 17.4. The van der Waals surface area contributed by atoms with E-state index in [1.807, 2.05) is 23.6 Å². The van der Waals surface area contributed by atoms with Gasteiger partial charge in [-0.05, 0) is 35.6 Å². The van der Waals surface area contributed by atoms with E-state index >= 15 is 0 Å². The maximum Gasteiger partial charge on any atom is 0.254 e. The third-order valence-corrected chi connectivity index (χ3v) is 5.57. The fraction of sp³-hybridized carbons (Fsp3) is 0.222. The van der Waals surface area contributed by atoms with Gasteiger partial charge >= 0.3 is 0 Å². The number of hydrogen-bond donors (Lipinski definition) is 2. The highest BCUT2D eigenvalue weighted by Crippen LogP contribution is 2.26. The molecule has 0 amide bonds. The number of aromatic amines is 1. The number of halogens is 1. The number of H-pyrrole nitrogens is 1. The molecule has 1 aromatic carbocycles. The summed E-state index contributed by atoms with van der Waals surface area (Å²) < 4.78 is 0. The zero-order valence-electron chi connectivity index (χ0n) is 13.3. The molecule has 0 bridgehead atoms. The lowest BCUT2D eigenvalue weighted by molar-refractivity contribution is 0.240. The van der Waals surface area contributed by atoms with Gasteiger partial charge in [0.15, 0.2) is 5.82 Å². The number of rotatable bonds is 3.